The molecule has 3 aromatic rings. The SMILES string of the molecule is CCCCCCCCc1ccc2nc(-c3ccc(O)cc3)ccc2c1. The third-order valence-electron chi connectivity index (χ3n) is 4.74. The molecular formula is C23H27NO. The summed E-state index contributed by atoms with van der Waals surface area (Å²) in [6.45, 7) is 2.26. The molecule has 1 aromatic heterocycles. The first kappa shape index (κ1) is 17.5. The number of unbranched alkanes of at least 4 members (excludes halogenated alkanes) is 5. The molecule has 0 aliphatic rings. The Bertz CT molecular complexity index is 808. The van der Waals surface area contributed by atoms with Crippen LogP contribution < -0.4 is 0 Å². The first-order valence-electron chi connectivity index (χ1n) is 9.45. The van der Waals surface area contributed by atoms with Gasteiger partial charge >= 0.3 is 0 Å². The Kier molecular flexibility index (Phi) is 6.05. The van der Waals surface area contributed by atoms with E-state index in [1.165, 1.54) is 49.5 Å². The molecule has 0 saturated heterocycles. The number of phenols is 1. The normalized spacial score (nSPS) is 11.1. The van der Waals surface area contributed by atoms with E-state index in [2.05, 4.69) is 37.3 Å². The summed E-state index contributed by atoms with van der Waals surface area (Å²) >= 11 is 0. The molecule has 0 saturated carbocycles. The van der Waals surface area contributed by atoms with Crippen molar-refractivity contribution in [3.8, 4) is 17.0 Å². The average Bonchev–Trinajstić information content (AvgIpc) is 2.65. The molecule has 3 rings (SSSR count). The van der Waals surface area contributed by atoms with Crippen molar-refractivity contribution >= 4 is 10.9 Å². The number of hydrogen-bond donors (Lipinski definition) is 1. The molecule has 0 aliphatic heterocycles. The smallest absolute Gasteiger partial charge is 0.115 e. The molecule has 0 radical (unpaired) electrons. The van der Waals surface area contributed by atoms with Gasteiger partial charge in [-0.2, -0.15) is 0 Å². The lowest BCUT2D eigenvalue weighted by Crippen LogP contribution is -1.89. The van der Waals surface area contributed by atoms with Crippen molar-refractivity contribution in [3.05, 3.63) is 60.2 Å². The van der Waals surface area contributed by atoms with E-state index in [9.17, 15) is 5.11 Å². The minimum Gasteiger partial charge on any atom is -0.508 e. The number of pyridine rings is 1. The zero-order chi connectivity index (χ0) is 17.5. The van der Waals surface area contributed by atoms with Crippen LogP contribution in [-0.2, 0) is 6.42 Å². The van der Waals surface area contributed by atoms with Crippen molar-refractivity contribution in [2.45, 2.75) is 51.9 Å². The summed E-state index contributed by atoms with van der Waals surface area (Å²) in [6.07, 6.45) is 9.16. The first-order chi connectivity index (χ1) is 12.3. The maximum Gasteiger partial charge on any atom is 0.115 e. The van der Waals surface area contributed by atoms with Crippen molar-refractivity contribution in [1.29, 1.82) is 0 Å². The molecule has 0 aliphatic carbocycles. The fourth-order valence-electron chi connectivity index (χ4n) is 3.23. The highest BCUT2D eigenvalue weighted by Crippen LogP contribution is 2.24. The van der Waals surface area contributed by atoms with E-state index in [4.69, 9.17) is 4.98 Å². The second-order valence-electron chi connectivity index (χ2n) is 6.79. The molecule has 1 N–H and O–H groups in total. The van der Waals surface area contributed by atoms with Crippen LogP contribution in [-0.4, -0.2) is 10.1 Å². The minimum absolute atomic E-state index is 0.281. The fraction of sp³-hybridized carbons (Fsp3) is 0.348. The van der Waals surface area contributed by atoms with Gasteiger partial charge in [0, 0.05) is 10.9 Å². The maximum absolute atomic E-state index is 9.42. The van der Waals surface area contributed by atoms with Gasteiger partial charge < -0.3 is 5.11 Å². The van der Waals surface area contributed by atoms with Crippen LogP contribution in [0.3, 0.4) is 0 Å². The van der Waals surface area contributed by atoms with Gasteiger partial charge in [0.15, 0.2) is 0 Å². The zero-order valence-corrected chi connectivity index (χ0v) is 15.0. The Hall–Kier alpha value is -2.35. The summed E-state index contributed by atoms with van der Waals surface area (Å²) in [6, 6.07) is 18.0. The third kappa shape index (κ3) is 4.82. The van der Waals surface area contributed by atoms with Gasteiger partial charge in [-0.15, -0.1) is 0 Å². The molecule has 2 nitrogen and oxygen atoms in total. The topological polar surface area (TPSA) is 33.1 Å². The van der Waals surface area contributed by atoms with Crippen LogP contribution in [0.4, 0.5) is 0 Å². The Morgan fingerprint density at radius 3 is 2.36 bits per heavy atom. The van der Waals surface area contributed by atoms with E-state index in [0.29, 0.717) is 0 Å². The molecule has 2 aromatic carbocycles. The standard InChI is InChI=1S/C23H27NO/c1-2-3-4-5-6-7-8-18-9-15-23-20(17-18)12-16-22(24-23)19-10-13-21(25)14-11-19/h9-17,25H,2-8H2,1H3. The van der Waals surface area contributed by atoms with Crippen LogP contribution in [0.1, 0.15) is 51.0 Å². The predicted octanol–water partition coefficient (Wildman–Crippen LogP) is 6.51. The summed E-state index contributed by atoms with van der Waals surface area (Å²) in [5.41, 5.74) is 4.39. The van der Waals surface area contributed by atoms with E-state index in [-0.39, 0.29) is 5.75 Å². The van der Waals surface area contributed by atoms with Crippen LogP contribution >= 0.6 is 0 Å². The molecule has 0 atom stereocenters. The van der Waals surface area contributed by atoms with E-state index < -0.39 is 0 Å². The second kappa shape index (κ2) is 8.66. The zero-order valence-electron chi connectivity index (χ0n) is 15.0. The highest BCUT2D eigenvalue weighted by atomic mass is 16.3. The molecule has 25 heavy (non-hydrogen) atoms. The van der Waals surface area contributed by atoms with E-state index >= 15 is 0 Å². The predicted molar refractivity (Wildman–Crippen MR) is 106 cm³/mol. The highest BCUT2D eigenvalue weighted by molar-refractivity contribution is 5.82. The summed E-state index contributed by atoms with van der Waals surface area (Å²) in [7, 11) is 0. The molecule has 0 bridgehead atoms. The number of benzene rings is 2. The van der Waals surface area contributed by atoms with Gasteiger partial charge in [-0.3, -0.25) is 0 Å². The number of nitrogens with zero attached hydrogens (tertiary/aromatic N) is 1. The summed E-state index contributed by atoms with van der Waals surface area (Å²) in [5.74, 6) is 0.281. The molecule has 2 heteroatoms. The van der Waals surface area contributed by atoms with Crippen molar-refractivity contribution in [1.82, 2.24) is 4.98 Å². The molecule has 0 fully saturated rings. The second-order valence-corrected chi connectivity index (χ2v) is 6.79. The number of hydrogen-bond acceptors (Lipinski definition) is 2. The molecule has 0 amide bonds. The number of aromatic nitrogens is 1. The third-order valence-corrected chi connectivity index (χ3v) is 4.74. The van der Waals surface area contributed by atoms with Gasteiger partial charge in [0.25, 0.3) is 0 Å². The number of aromatic hydroxyl groups is 1. The minimum atomic E-state index is 0.281. The number of fused-ring (bicyclic) bond motifs is 1. The Morgan fingerprint density at radius 2 is 1.56 bits per heavy atom. The van der Waals surface area contributed by atoms with Crippen molar-refractivity contribution in [2.75, 3.05) is 0 Å². The van der Waals surface area contributed by atoms with Gasteiger partial charge in [0.05, 0.1) is 11.2 Å². The number of aryl methyl sites for hydroxylation is 1. The molecule has 0 spiro atoms. The van der Waals surface area contributed by atoms with Gasteiger partial charge in [-0.05, 0) is 60.9 Å². The van der Waals surface area contributed by atoms with E-state index in [1.807, 2.05) is 12.1 Å². The summed E-state index contributed by atoms with van der Waals surface area (Å²) in [5, 5.41) is 10.6. The number of rotatable bonds is 8. The fourth-order valence-corrected chi connectivity index (χ4v) is 3.23. The van der Waals surface area contributed by atoms with Crippen LogP contribution in [0.5, 0.6) is 5.75 Å². The first-order valence-corrected chi connectivity index (χ1v) is 9.45. The largest absolute Gasteiger partial charge is 0.508 e. The maximum atomic E-state index is 9.42. The summed E-state index contributed by atoms with van der Waals surface area (Å²) in [4.78, 5) is 4.76. The molecular weight excluding hydrogens is 306 g/mol. The Labute approximate surface area is 150 Å². The number of phenolic OH excluding ortho intramolecular Hbond substituents is 1. The van der Waals surface area contributed by atoms with Crippen LogP contribution in [0.2, 0.25) is 0 Å². The Balaban J connectivity index is 1.65. The van der Waals surface area contributed by atoms with E-state index in [0.717, 1.165) is 23.2 Å². The highest BCUT2D eigenvalue weighted by Gasteiger charge is 2.03. The van der Waals surface area contributed by atoms with Crippen molar-refractivity contribution < 1.29 is 5.11 Å². The van der Waals surface area contributed by atoms with E-state index in [1.54, 1.807) is 12.1 Å². The van der Waals surface area contributed by atoms with Gasteiger partial charge in [-0.25, -0.2) is 4.98 Å². The van der Waals surface area contributed by atoms with Gasteiger partial charge in [-0.1, -0.05) is 51.2 Å². The van der Waals surface area contributed by atoms with Gasteiger partial charge in [0.2, 0.25) is 0 Å². The lowest BCUT2D eigenvalue weighted by molar-refractivity contribution is 0.475. The summed E-state index contributed by atoms with van der Waals surface area (Å²) < 4.78 is 0. The monoisotopic (exact) mass is 333 g/mol. The molecule has 130 valence electrons. The Morgan fingerprint density at radius 1 is 0.800 bits per heavy atom. The average molecular weight is 333 g/mol. The van der Waals surface area contributed by atoms with Crippen LogP contribution in [0, 0.1) is 0 Å². The van der Waals surface area contributed by atoms with Crippen molar-refractivity contribution in [2.24, 2.45) is 0 Å². The lowest BCUT2D eigenvalue weighted by atomic mass is 10.0. The molecule has 0 unspecified atom stereocenters. The van der Waals surface area contributed by atoms with Crippen LogP contribution in [0.25, 0.3) is 22.2 Å². The van der Waals surface area contributed by atoms with Gasteiger partial charge in [0.1, 0.15) is 5.75 Å². The van der Waals surface area contributed by atoms with Crippen LogP contribution in [0.15, 0.2) is 54.6 Å². The quantitative estimate of drug-likeness (QED) is 0.477. The van der Waals surface area contributed by atoms with Crippen molar-refractivity contribution in [3.63, 3.8) is 0 Å². The molecule has 1 heterocycles. The lowest BCUT2D eigenvalue weighted by Gasteiger charge is -2.06.